The van der Waals surface area contributed by atoms with E-state index < -0.39 is 17.0 Å². The quantitative estimate of drug-likeness (QED) is 0.535. The van der Waals surface area contributed by atoms with Crippen LogP contribution in [0.4, 0.5) is 0 Å². The fourth-order valence-electron chi connectivity index (χ4n) is 3.70. The molecule has 0 saturated heterocycles. The molecule has 2 aromatic rings. The van der Waals surface area contributed by atoms with Gasteiger partial charge >= 0.3 is 5.97 Å². The number of nitrogens with zero attached hydrogens (tertiary/aromatic N) is 1. The van der Waals surface area contributed by atoms with Crippen LogP contribution >= 0.6 is 0 Å². The largest absolute Gasteiger partial charge is 0.493 e. The Bertz CT molecular complexity index is 1130. The molecule has 0 aromatic heterocycles. The first-order valence-corrected chi connectivity index (χ1v) is 10.7. The van der Waals surface area contributed by atoms with E-state index in [4.69, 9.17) is 18.9 Å². The number of ether oxygens (including phenoxy) is 4. The highest BCUT2D eigenvalue weighted by atomic mass is 16.6. The molecule has 0 spiro atoms. The molecule has 0 amide bonds. The van der Waals surface area contributed by atoms with Crippen molar-refractivity contribution in [2.75, 3.05) is 20.8 Å². The van der Waals surface area contributed by atoms with Crippen LogP contribution in [0.5, 0.6) is 17.2 Å². The second-order valence-electron chi connectivity index (χ2n) is 9.12. The van der Waals surface area contributed by atoms with Crippen LogP contribution in [0.3, 0.4) is 0 Å². The summed E-state index contributed by atoms with van der Waals surface area (Å²) in [6.45, 7) is 6.41. The first-order chi connectivity index (χ1) is 15.5. The molecule has 0 atom stereocenters. The Hall–Kier alpha value is -3.53. The van der Waals surface area contributed by atoms with E-state index in [2.05, 4.69) is 0 Å². The number of ketones is 1. The van der Waals surface area contributed by atoms with Crippen LogP contribution in [-0.4, -0.2) is 38.2 Å². The average molecular weight is 452 g/mol. The Kier molecular flexibility index (Phi) is 6.68. The summed E-state index contributed by atoms with van der Waals surface area (Å²) in [5.74, 6) is 0.844. The van der Waals surface area contributed by atoms with Crippen molar-refractivity contribution in [1.29, 1.82) is 5.26 Å². The van der Waals surface area contributed by atoms with E-state index in [1.165, 1.54) is 28.1 Å². The number of carbonyl (C=O) groups is 2. The molecule has 2 aromatic carbocycles. The molecule has 1 aliphatic rings. The molecule has 3 rings (SSSR count). The molecule has 0 aliphatic heterocycles. The molecule has 33 heavy (non-hydrogen) atoms. The minimum atomic E-state index is -1.25. The van der Waals surface area contributed by atoms with Crippen molar-refractivity contribution < 1.29 is 28.5 Å². The first kappa shape index (κ1) is 24.1. The van der Waals surface area contributed by atoms with Gasteiger partial charge in [0.25, 0.3) is 0 Å². The van der Waals surface area contributed by atoms with E-state index in [1.807, 2.05) is 30.3 Å². The van der Waals surface area contributed by atoms with Crippen LogP contribution in [0.2, 0.25) is 0 Å². The Morgan fingerprint density at radius 1 is 0.970 bits per heavy atom. The highest BCUT2D eigenvalue weighted by molar-refractivity contribution is 6.02. The summed E-state index contributed by atoms with van der Waals surface area (Å²) in [4.78, 5) is 25.0. The Balaban J connectivity index is 2.02. The van der Waals surface area contributed by atoms with E-state index in [9.17, 15) is 14.9 Å². The standard InChI is InChI=1S/C26H29NO6/c1-25(2,24(29)33-26(3,4)14-27)15-32-22-19(11-13-21(30-5)23(22)31-6)16-8-7-9-18-17(16)10-12-20(18)28/h7-9,11,13H,10,12,15H2,1-6H3. The van der Waals surface area contributed by atoms with Gasteiger partial charge in [-0.15, -0.1) is 0 Å². The third kappa shape index (κ3) is 4.80. The lowest BCUT2D eigenvalue weighted by Crippen LogP contribution is -2.38. The summed E-state index contributed by atoms with van der Waals surface area (Å²) in [7, 11) is 3.05. The van der Waals surface area contributed by atoms with Gasteiger partial charge in [-0.25, -0.2) is 0 Å². The fourth-order valence-corrected chi connectivity index (χ4v) is 3.70. The van der Waals surface area contributed by atoms with Crippen LogP contribution in [0.15, 0.2) is 30.3 Å². The van der Waals surface area contributed by atoms with Gasteiger partial charge in [0.1, 0.15) is 12.7 Å². The molecule has 0 fully saturated rings. The number of hydrogen-bond donors (Lipinski definition) is 0. The van der Waals surface area contributed by atoms with Crippen molar-refractivity contribution in [3.05, 3.63) is 41.5 Å². The zero-order chi connectivity index (χ0) is 24.4. The summed E-state index contributed by atoms with van der Waals surface area (Å²) < 4.78 is 22.6. The smallest absolute Gasteiger partial charge is 0.316 e. The van der Waals surface area contributed by atoms with Gasteiger partial charge < -0.3 is 18.9 Å². The normalized spacial score (nSPS) is 13.2. The highest BCUT2D eigenvalue weighted by Crippen LogP contribution is 2.47. The lowest BCUT2D eigenvalue weighted by molar-refractivity contribution is -0.164. The average Bonchev–Trinajstić information content (AvgIpc) is 3.17. The van der Waals surface area contributed by atoms with Gasteiger partial charge in [-0.3, -0.25) is 9.59 Å². The number of nitriles is 1. The molecule has 0 heterocycles. The van der Waals surface area contributed by atoms with Crippen molar-refractivity contribution in [2.24, 2.45) is 5.41 Å². The maximum absolute atomic E-state index is 12.7. The van der Waals surface area contributed by atoms with Crippen molar-refractivity contribution in [2.45, 2.75) is 46.1 Å². The summed E-state index contributed by atoms with van der Waals surface area (Å²) in [6, 6.07) is 11.2. The van der Waals surface area contributed by atoms with Crippen LogP contribution < -0.4 is 14.2 Å². The number of methoxy groups -OCH3 is 2. The SMILES string of the molecule is COc1ccc(-c2cccc3c2CCC3=O)c(OCC(C)(C)C(=O)OC(C)(C)C#N)c1OC. The maximum atomic E-state index is 12.7. The lowest BCUT2D eigenvalue weighted by Gasteiger charge is -2.28. The molecule has 0 saturated carbocycles. The van der Waals surface area contributed by atoms with Gasteiger partial charge in [0.05, 0.1) is 19.6 Å². The fraction of sp³-hybridized carbons (Fsp3) is 0.423. The second-order valence-corrected chi connectivity index (χ2v) is 9.12. The van der Waals surface area contributed by atoms with Crippen LogP contribution in [0, 0.1) is 16.7 Å². The van der Waals surface area contributed by atoms with E-state index in [1.54, 1.807) is 19.9 Å². The van der Waals surface area contributed by atoms with E-state index >= 15 is 0 Å². The molecule has 0 bridgehead atoms. The van der Waals surface area contributed by atoms with Crippen molar-refractivity contribution in [3.63, 3.8) is 0 Å². The Morgan fingerprint density at radius 3 is 2.30 bits per heavy atom. The lowest BCUT2D eigenvalue weighted by atomic mass is 9.93. The summed E-state index contributed by atoms with van der Waals surface area (Å²) in [5, 5.41) is 9.19. The molecular weight excluding hydrogens is 422 g/mol. The third-order valence-corrected chi connectivity index (χ3v) is 5.62. The predicted molar refractivity (Wildman–Crippen MR) is 123 cm³/mol. The van der Waals surface area contributed by atoms with E-state index in [0.29, 0.717) is 30.1 Å². The van der Waals surface area contributed by atoms with Gasteiger partial charge in [-0.1, -0.05) is 18.2 Å². The Morgan fingerprint density at radius 2 is 1.67 bits per heavy atom. The van der Waals surface area contributed by atoms with Crippen LogP contribution in [-0.2, 0) is 16.0 Å². The van der Waals surface area contributed by atoms with E-state index in [-0.39, 0.29) is 12.4 Å². The number of hydrogen-bond acceptors (Lipinski definition) is 7. The predicted octanol–water partition coefficient (Wildman–Crippen LogP) is 4.75. The third-order valence-electron chi connectivity index (χ3n) is 5.62. The molecule has 0 unspecified atom stereocenters. The topological polar surface area (TPSA) is 94.9 Å². The highest BCUT2D eigenvalue weighted by Gasteiger charge is 2.36. The van der Waals surface area contributed by atoms with Crippen LogP contribution in [0.25, 0.3) is 11.1 Å². The molecule has 0 N–H and O–H groups in total. The summed E-state index contributed by atoms with van der Waals surface area (Å²) >= 11 is 0. The van der Waals surface area contributed by atoms with Crippen molar-refractivity contribution in [1.82, 2.24) is 0 Å². The van der Waals surface area contributed by atoms with Crippen molar-refractivity contribution >= 4 is 11.8 Å². The molecule has 0 radical (unpaired) electrons. The zero-order valence-electron chi connectivity index (χ0n) is 19.9. The van der Waals surface area contributed by atoms with Gasteiger partial charge in [-0.2, -0.15) is 5.26 Å². The van der Waals surface area contributed by atoms with Crippen molar-refractivity contribution in [3.8, 4) is 34.4 Å². The first-order valence-electron chi connectivity index (χ1n) is 10.7. The molecular formula is C26H29NO6. The minimum absolute atomic E-state index is 0.0299. The zero-order valence-corrected chi connectivity index (χ0v) is 19.9. The Labute approximate surface area is 194 Å². The van der Waals surface area contributed by atoms with Gasteiger partial charge in [0.2, 0.25) is 5.75 Å². The number of fused-ring (bicyclic) bond motifs is 1. The second kappa shape index (κ2) is 9.14. The summed E-state index contributed by atoms with van der Waals surface area (Å²) in [5.41, 5.74) is 1.00. The van der Waals surface area contributed by atoms with Gasteiger partial charge in [0.15, 0.2) is 22.9 Å². The number of Topliss-reactive ketones (excluding diaryl/α,β-unsaturated/α-hetero) is 1. The minimum Gasteiger partial charge on any atom is -0.493 e. The number of benzene rings is 2. The number of rotatable bonds is 8. The molecule has 7 nitrogen and oxygen atoms in total. The van der Waals surface area contributed by atoms with E-state index in [0.717, 1.165) is 22.3 Å². The monoisotopic (exact) mass is 451 g/mol. The summed E-state index contributed by atoms with van der Waals surface area (Å²) in [6.07, 6.45) is 1.13. The molecule has 174 valence electrons. The molecule has 7 heteroatoms. The molecule has 1 aliphatic carbocycles. The number of esters is 1. The number of carbonyl (C=O) groups excluding carboxylic acids is 2. The maximum Gasteiger partial charge on any atom is 0.316 e. The van der Waals surface area contributed by atoms with Gasteiger partial charge in [0, 0.05) is 17.5 Å². The van der Waals surface area contributed by atoms with Crippen LogP contribution in [0.1, 0.15) is 50.0 Å². The van der Waals surface area contributed by atoms with Gasteiger partial charge in [-0.05, 0) is 57.4 Å².